The van der Waals surface area contributed by atoms with E-state index in [2.05, 4.69) is 10.3 Å². The molecule has 6 heteroatoms. The number of rotatable bonds is 2. The van der Waals surface area contributed by atoms with Crippen LogP contribution in [0.3, 0.4) is 0 Å². The Labute approximate surface area is 152 Å². The second-order valence-corrected chi connectivity index (χ2v) is 6.57. The second kappa shape index (κ2) is 6.29. The lowest BCUT2D eigenvalue weighted by molar-refractivity contribution is 0.0955. The van der Waals surface area contributed by atoms with Crippen LogP contribution in [0.4, 0.5) is 5.69 Å². The first-order valence-electron chi connectivity index (χ1n) is 8.61. The van der Waals surface area contributed by atoms with Crippen molar-refractivity contribution in [3.63, 3.8) is 0 Å². The Morgan fingerprint density at radius 2 is 1.85 bits per heavy atom. The van der Waals surface area contributed by atoms with Gasteiger partial charge in [0.25, 0.3) is 5.91 Å². The first kappa shape index (κ1) is 16.3. The van der Waals surface area contributed by atoms with Crippen LogP contribution in [0.1, 0.15) is 28.7 Å². The van der Waals surface area contributed by atoms with E-state index in [-0.39, 0.29) is 11.9 Å². The van der Waals surface area contributed by atoms with Crippen molar-refractivity contribution in [2.75, 3.05) is 11.5 Å². The number of aryl methyl sites for hydroxylation is 1. The summed E-state index contributed by atoms with van der Waals surface area (Å²) in [5.41, 5.74) is 3.89. The summed E-state index contributed by atoms with van der Waals surface area (Å²) in [6.45, 7) is 6.32. The van der Waals surface area contributed by atoms with Crippen LogP contribution >= 0.6 is 0 Å². The van der Waals surface area contributed by atoms with E-state index in [1.165, 1.54) is 5.56 Å². The highest BCUT2D eigenvalue weighted by molar-refractivity contribution is 6.07. The molecule has 1 atom stereocenters. The smallest absolute Gasteiger partial charge is 0.281 e. The normalized spacial score (nSPS) is 16.1. The van der Waals surface area contributed by atoms with Gasteiger partial charge >= 0.3 is 0 Å². The Morgan fingerprint density at radius 1 is 1.12 bits per heavy atom. The molecular formula is C20H20N4O2. The van der Waals surface area contributed by atoms with Gasteiger partial charge in [-0.3, -0.25) is 9.69 Å². The first-order chi connectivity index (χ1) is 12.6. The van der Waals surface area contributed by atoms with Gasteiger partial charge in [0.2, 0.25) is 0 Å². The molecule has 0 bridgehead atoms. The minimum absolute atomic E-state index is 0.0821. The van der Waals surface area contributed by atoms with Crippen LogP contribution < -0.4 is 9.64 Å². The van der Waals surface area contributed by atoms with Crippen molar-refractivity contribution in [2.24, 2.45) is 0 Å². The molecule has 0 N–H and O–H groups in total. The number of carbonyl (C=O) groups is 1. The van der Waals surface area contributed by atoms with Crippen LogP contribution in [-0.2, 0) is 0 Å². The van der Waals surface area contributed by atoms with Gasteiger partial charge in [-0.05, 0) is 45.0 Å². The van der Waals surface area contributed by atoms with Crippen LogP contribution in [0, 0.1) is 13.8 Å². The van der Waals surface area contributed by atoms with Crippen LogP contribution in [0.25, 0.3) is 5.69 Å². The van der Waals surface area contributed by atoms with Crippen LogP contribution in [0.15, 0.2) is 48.5 Å². The summed E-state index contributed by atoms with van der Waals surface area (Å²) in [5, 5.41) is 8.38. The third kappa shape index (κ3) is 2.63. The summed E-state index contributed by atoms with van der Waals surface area (Å²) in [4.78, 5) is 15.0. The summed E-state index contributed by atoms with van der Waals surface area (Å²) < 4.78 is 7.43. The number of ether oxygens (including phenoxy) is 1. The molecule has 0 saturated carbocycles. The molecule has 1 aliphatic heterocycles. The van der Waals surface area contributed by atoms with Gasteiger partial charge in [-0.25, -0.2) is 4.68 Å². The van der Waals surface area contributed by atoms with E-state index in [9.17, 15) is 4.79 Å². The maximum Gasteiger partial charge on any atom is 0.281 e. The number of fused-ring (bicyclic) bond motifs is 1. The van der Waals surface area contributed by atoms with E-state index in [1.807, 2.05) is 69.3 Å². The van der Waals surface area contributed by atoms with E-state index < -0.39 is 0 Å². The van der Waals surface area contributed by atoms with Gasteiger partial charge in [-0.15, -0.1) is 5.10 Å². The number of carbonyl (C=O) groups excluding carboxylic acids is 1. The van der Waals surface area contributed by atoms with E-state index in [0.29, 0.717) is 18.1 Å². The monoisotopic (exact) mass is 348 g/mol. The molecule has 1 amide bonds. The lowest BCUT2D eigenvalue weighted by atomic mass is 10.1. The van der Waals surface area contributed by atoms with Crippen LogP contribution in [0.5, 0.6) is 5.75 Å². The molecule has 2 heterocycles. The topological polar surface area (TPSA) is 60.2 Å². The molecule has 0 aliphatic carbocycles. The average molecular weight is 348 g/mol. The highest BCUT2D eigenvalue weighted by atomic mass is 16.5. The molecule has 0 radical (unpaired) electrons. The zero-order valence-corrected chi connectivity index (χ0v) is 15.0. The predicted octanol–water partition coefficient (Wildman–Crippen LogP) is 3.31. The third-order valence-electron chi connectivity index (χ3n) is 4.64. The minimum atomic E-state index is -0.163. The zero-order valence-electron chi connectivity index (χ0n) is 15.0. The van der Waals surface area contributed by atoms with Gasteiger partial charge in [-0.1, -0.05) is 35.0 Å². The number of nitrogens with zero attached hydrogens (tertiary/aromatic N) is 4. The first-order valence-corrected chi connectivity index (χ1v) is 8.61. The van der Waals surface area contributed by atoms with Gasteiger partial charge < -0.3 is 4.74 Å². The molecule has 6 nitrogen and oxygen atoms in total. The molecule has 1 unspecified atom stereocenters. The summed E-state index contributed by atoms with van der Waals surface area (Å²) >= 11 is 0. The molecule has 132 valence electrons. The van der Waals surface area contributed by atoms with Crippen LogP contribution in [-0.4, -0.2) is 33.5 Å². The molecule has 4 rings (SSSR count). The summed E-state index contributed by atoms with van der Waals surface area (Å²) in [6, 6.07) is 15.4. The summed E-state index contributed by atoms with van der Waals surface area (Å²) in [7, 11) is 0. The van der Waals surface area contributed by atoms with Crippen molar-refractivity contribution in [3.05, 3.63) is 65.5 Å². The second-order valence-electron chi connectivity index (χ2n) is 6.57. The Kier molecular flexibility index (Phi) is 3.95. The Bertz CT molecular complexity index is 962. The number of hydrogen-bond acceptors (Lipinski definition) is 4. The van der Waals surface area contributed by atoms with Crippen molar-refractivity contribution >= 4 is 11.6 Å². The molecule has 1 aliphatic rings. The molecule has 0 saturated heterocycles. The Balaban J connectivity index is 1.73. The summed E-state index contributed by atoms with van der Waals surface area (Å²) in [6.07, 6.45) is 0. The molecule has 26 heavy (non-hydrogen) atoms. The minimum Gasteiger partial charge on any atom is -0.489 e. The SMILES string of the molecule is Cc1ccc(-n2nnc(C(=O)N3c4ccccc4OCC3C)c2C)cc1. The highest BCUT2D eigenvalue weighted by Crippen LogP contribution is 2.34. The summed E-state index contributed by atoms with van der Waals surface area (Å²) in [5.74, 6) is 0.548. The molecule has 0 spiro atoms. The maximum absolute atomic E-state index is 13.2. The van der Waals surface area contributed by atoms with Gasteiger partial charge in [0.15, 0.2) is 5.69 Å². The van der Waals surface area contributed by atoms with Gasteiger partial charge in [0.05, 0.1) is 23.1 Å². The van der Waals surface area contributed by atoms with Crippen molar-refractivity contribution in [2.45, 2.75) is 26.8 Å². The number of aromatic nitrogens is 3. The highest BCUT2D eigenvalue weighted by Gasteiger charge is 2.32. The number of benzene rings is 2. The molecule has 3 aromatic rings. The molecule has 0 fully saturated rings. The van der Waals surface area contributed by atoms with Gasteiger partial charge in [0, 0.05) is 0 Å². The molecular weight excluding hydrogens is 328 g/mol. The van der Waals surface area contributed by atoms with Gasteiger partial charge in [-0.2, -0.15) is 0 Å². The number of para-hydroxylation sites is 2. The van der Waals surface area contributed by atoms with E-state index in [1.54, 1.807) is 9.58 Å². The van der Waals surface area contributed by atoms with Gasteiger partial charge in [0.1, 0.15) is 12.4 Å². The van der Waals surface area contributed by atoms with Crippen molar-refractivity contribution in [3.8, 4) is 11.4 Å². The quantitative estimate of drug-likeness (QED) is 0.713. The Morgan fingerprint density at radius 3 is 2.62 bits per heavy atom. The number of anilines is 1. The molecule has 2 aromatic carbocycles. The average Bonchev–Trinajstić information content (AvgIpc) is 3.03. The maximum atomic E-state index is 13.2. The van der Waals surface area contributed by atoms with Crippen LogP contribution in [0.2, 0.25) is 0 Å². The number of hydrogen-bond donors (Lipinski definition) is 0. The standard InChI is InChI=1S/C20H20N4O2/c1-13-8-10-16(11-9-13)24-15(3)19(21-22-24)20(25)23-14(2)12-26-18-7-5-4-6-17(18)23/h4-11,14H,12H2,1-3H3. The van der Waals surface area contributed by atoms with E-state index in [0.717, 1.165) is 17.1 Å². The lowest BCUT2D eigenvalue weighted by Gasteiger charge is -2.34. The fraction of sp³-hybridized carbons (Fsp3) is 0.250. The fourth-order valence-electron chi connectivity index (χ4n) is 3.18. The zero-order chi connectivity index (χ0) is 18.3. The molecule has 1 aromatic heterocycles. The van der Waals surface area contributed by atoms with Crippen molar-refractivity contribution in [1.29, 1.82) is 0 Å². The van der Waals surface area contributed by atoms with Crippen molar-refractivity contribution in [1.82, 2.24) is 15.0 Å². The Hall–Kier alpha value is -3.15. The predicted molar refractivity (Wildman–Crippen MR) is 99.0 cm³/mol. The van der Waals surface area contributed by atoms with E-state index in [4.69, 9.17) is 4.74 Å². The number of amides is 1. The fourth-order valence-corrected chi connectivity index (χ4v) is 3.18. The van der Waals surface area contributed by atoms with E-state index >= 15 is 0 Å². The van der Waals surface area contributed by atoms with Crippen molar-refractivity contribution < 1.29 is 9.53 Å². The largest absolute Gasteiger partial charge is 0.489 e. The lowest BCUT2D eigenvalue weighted by Crippen LogP contribution is -2.45. The third-order valence-corrected chi connectivity index (χ3v) is 4.64.